The monoisotopic (exact) mass is 326 g/mol. The van der Waals surface area contributed by atoms with Gasteiger partial charge in [0.05, 0.1) is 34.8 Å². The second-order valence-electron chi connectivity index (χ2n) is 5.80. The van der Waals surface area contributed by atoms with E-state index in [0.717, 1.165) is 39.4 Å². The Kier molecular flexibility index (Phi) is 3.06. The summed E-state index contributed by atoms with van der Waals surface area (Å²) in [6, 6.07) is 16.1. The third-order valence-electron chi connectivity index (χ3n) is 4.19. The lowest BCUT2D eigenvalue weighted by Gasteiger charge is -2.06. The number of hydrogen-bond donors (Lipinski definition) is 1. The van der Waals surface area contributed by atoms with E-state index in [-0.39, 0.29) is 0 Å². The topological polar surface area (TPSA) is 72.3 Å². The zero-order valence-corrected chi connectivity index (χ0v) is 13.3. The second kappa shape index (κ2) is 5.52. The molecule has 0 aliphatic rings. The zero-order chi connectivity index (χ0) is 16.6. The highest BCUT2D eigenvalue weighted by molar-refractivity contribution is 5.80. The van der Waals surface area contributed by atoms with Crippen molar-refractivity contribution in [2.24, 2.45) is 0 Å². The first-order chi connectivity index (χ1) is 12.4. The van der Waals surface area contributed by atoms with Crippen LogP contribution in [0.25, 0.3) is 33.6 Å². The summed E-state index contributed by atoms with van der Waals surface area (Å²) in [7, 11) is 0. The van der Waals surface area contributed by atoms with E-state index in [1.165, 1.54) is 0 Å². The van der Waals surface area contributed by atoms with Crippen molar-refractivity contribution in [3.05, 3.63) is 72.9 Å². The lowest BCUT2D eigenvalue weighted by molar-refractivity contribution is 0.786. The van der Waals surface area contributed by atoms with E-state index in [1.54, 1.807) is 18.6 Å². The van der Waals surface area contributed by atoms with Crippen LogP contribution < -0.4 is 0 Å². The number of aromatic nitrogens is 6. The van der Waals surface area contributed by atoms with Gasteiger partial charge in [0.25, 0.3) is 0 Å². The van der Waals surface area contributed by atoms with E-state index in [9.17, 15) is 0 Å². The van der Waals surface area contributed by atoms with Gasteiger partial charge < -0.3 is 9.55 Å². The highest BCUT2D eigenvalue weighted by atomic mass is 15.1. The van der Waals surface area contributed by atoms with Gasteiger partial charge in [-0.2, -0.15) is 0 Å². The minimum atomic E-state index is 0.584. The number of nitrogens with one attached hydrogen (secondary N) is 1. The fourth-order valence-corrected chi connectivity index (χ4v) is 3.08. The molecule has 0 aliphatic carbocycles. The molecule has 25 heavy (non-hydrogen) atoms. The Morgan fingerprint density at radius 2 is 1.72 bits per heavy atom. The van der Waals surface area contributed by atoms with Gasteiger partial charge in [0.2, 0.25) is 0 Å². The molecule has 0 saturated carbocycles. The molecule has 120 valence electrons. The van der Waals surface area contributed by atoms with Gasteiger partial charge in [0.15, 0.2) is 5.82 Å². The fraction of sp³-hybridized carbons (Fsp3) is 0.0526. The lowest BCUT2D eigenvalue weighted by atomic mass is 10.3. The molecule has 0 fully saturated rings. The lowest BCUT2D eigenvalue weighted by Crippen LogP contribution is -2.04. The van der Waals surface area contributed by atoms with Crippen LogP contribution in [-0.4, -0.2) is 29.5 Å². The molecule has 0 atom stereocenters. The zero-order valence-electron chi connectivity index (χ0n) is 13.3. The fourth-order valence-electron chi connectivity index (χ4n) is 3.08. The van der Waals surface area contributed by atoms with E-state index in [1.807, 2.05) is 42.5 Å². The van der Waals surface area contributed by atoms with Crippen LogP contribution in [0.5, 0.6) is 0 Å². The van der Waals surface area contributed by atoms with E-state index < -0.39 is 0 Å². The maximum atomic E-state index is 4.75. The average molecular weight is 326 g/mol. The largest absolute Gasteiger partial charge is 0.340 e. The van der Waals surface area contributed by atoms with Crippen molar-refractivity contribution in [3.8, 4) is 11.5 Å². The van der Waals surface area contributed by atoms with Crippen LogP contribution in [0, 0.1) is 0 Å². The van der Waals surface area contributed by atoms with Crippen LogP contribution in [0.3, 0.4) is 0 Å². The number of nitrogens with zero attached hydrogens (tertiary/aromatic N) is 5. The molecule has 0 aliphatic heterocycles. The van der Waals surface area contributed by atoms with Gasteiger partial charge in [0, 0.05) is 12.4 Å². The van der Waals surface area contributed by atoms with Crippen molar-refractivity contribution in [2.45, 2.75) is 6.54 Å². The summed E-state index contributed by atoms with van der Waals surface area (Å²) in [5.74, 6) is 1.67. The third-order valence-corrected chi connectivity index (χ3v) is 4.19. The number of imidazole rings is 2. The standard InChI is InChI=1S/C19H14N6/c1-2-6-14-13(5-1)22-18(23-14)12-25-17-8-4-3-7-15(17)24-19(25)16-11-20-9-10-21-16/h1-11H,12H2,(H,22,23). The van der Waals surface area contributed by atoms with Crippen molar-refractivity contribution in [2.75, 3.05) is 0 Å². The molecule has 0 spiro atoms. The summed E-state index contributed by atoms with van der Waals surface area (Å²) in [6.45, 7) is 0.584. The Hall–Kier alpha value is -3.54. The molecule has 6 nitrogen and oxygen atoms in total. The van der Waals surface area contributed by atoms with Crippen LogP contribution in [0.2, 0.25) is 0 Å². The maximum absolute atomic E-state index is 4.75. The van der Waals surface area contributed by atoms with E-state index in [4.69, 9.17) is 4.98 Å². The Balaban J connectivity index is 1.68. The summed E-state index contributed by atoms with van der Waals surface area (Å²) in [4.78, 5) is 21.4. The molecule has 3 heterocycles. The van der Waals surface area contributed by atoms with Gasteiger partial charge in [-0.1, -0.05) is 24.3 Å². The van der Waals surface area contributed by atoms with Gasteiger partial charge in [-0.3, -0.25) is 4.98 Å². The number of para-hydroxylation sites is 4. The Morgan fingerprint density at radius 1 is 0.880 bits per heavy atom. The first-order valence-corrected chi connectivity index (χ1v) is 8.04. The summed E-state index contributed by atoms with van der Waals surface area (Å²) in [5, 5.41) is 0. The predicted molar refractivity (Wildman–Crippen MR) is 96.0 cm³/mol. The Bertz CT molecular complexity index is 1140. The summed E-state index contributed by atoms with van der Waals surface area (Å²) < 4.78 is 2.12. The van der Waals surface area contributed by atoms with Crippen LogP contribution >= 0.6 is 0 Å². The van der Waals surface area contributed by atoms with Crippen molar-refractivity contribution in [3.63, 3.8) is 0 Å². The van der Waals surface area contributed by atoms with Crippen LogP contribution in [0.15, 0.2) is 67.1 Å². The van der Waals surface area contributed by atoms with Crippen molar-refractivity contribution in [1.29, 1.82) is 0 Å². The van der Waals surface area contributed by atoms with Gasteiger partial charge in [-0.15, -0.1) is 0 Å². The smallest absolute Gasteiger partial charge is 0.161 e. The molecular weight excluding hydrogens is 312 g/mol. The summed E-state index contributed by atoms with van der Waals surface area (Å²) >= 11 is 0. The molecule has 5 aromatic rings. The minimum absolute atomic E-state index is 0.584. The molecule has 2 aromatic carbocycles. The minimum Gasteiger partial charge on any atom is -0.340 e. The average Bonchev–Trinajstić information content (AvgIpc) is 3.24. The van der Waals surface area contributed by atoms with E-state index in [0.29, 0.717) is 6.54 Å². The van der Waals surface area contributed by atoms with Gasteiger partial charge in [-0.05, 0) is 24.3 Å². The number of rotatable bonds is 3. The molecule has 5 rings (SSSR count). The Morgan fingerprint density at radius 3 is 2.56 bits per heavy atom. The molecular formula is C19H14N6. The third kappa shape index (κ3) is 2.35. The molecule has 3 aromatic heterocycles. The molecule has 0 bridgehead atoms. The van der Waals surface area contributed by atoms with Gasteiger partial charge >= 0.3 is 0 Å². The quantitative estimate of drug-likeness (QED) is 0.551. The predicted octanol–water partition coefficient (Wildman–Crippen LogP) is 3.42. The number of benzene rings is 2. The molecule has 0 unspecified atom stereocenters. The van der Waals surface area contributed by atoms with Gasteiger partial charge in [0.1, 0.15) is 11.5 Å². The molecule has 0 saturated heterocycles. The molecule has 1 N–H and O–H groups in total. The number of H-pyrrole nitrogens is 1. The van der Waals surface area contributed by atoms with Crippen LogP contribution in [0.4, 0.5) is 0 Å². The highest BCUT2D eigenvalue weighted by Crippen LogP contribution is 2.24. The maximum Gasteiger partial charge on any atom is 0.161 e. The van der Waals surface area contributed by atoms with Crippen molar-refractivity contribution < 1.29 is 0 Å². The van der Waals surface area contributed by atoms with Crippen molar-refractivity contribution >= 4 is 22.1 Å². The van der Waals surface area contributed by atoms with Gasteiger partial charge in [-0.25, -0.2) is 15.0 Å². The SMILES string of the molecule is c1ccc2[nH]c(Cn3c(-c4cnccn4)nc4ccccc43)nc2c1. The number of aromatic amines is 1. The van der Waals surface area contributed by atoms with E-state index in [2.05, 4.69) is 30.6 Å². The van der Waals surface area contributed by atoms with Crippen molar-refractivity contribution in [1.82, 2.24) is 29.5 Å². The summed E-state index contributed by atoms with van der Waals surface area (Å²) in [5.41, 5.74) is 4.71. The first kappa shape index (κ1) is 13.9. The van der Waals surface area contributed by atoms with Crippen LogP contribution in [-0.2, 0) is 6.54 Å². The normalized spacial score (nSPS) is 11.4. The summed E-state index contributed by atoms with van der Waals surface area (Å²) in [6.07, 6.45) is 5.08. The van der Waals surface area contributed by atoms with E-state index >= 15 is 0 Å². The number of fused-ring (bicyclic) bond motifs is 2. The molecule has 6 heteroatoms. The molecule has 0 amide bonds. The first-order valence-electron chi connectivity index (χ1n) is 8.04. The highest BCUT2D eigenvalue weighted by Gasteiger charge is 2.15. The Labute approximate surface area is 143 Å². The number of hydrogen-bond acceptors (Lipinski definition) is 4. The molecule has 0 radical (unpaired) electrons. The van der Waals surface area contributed by atoms with Crippen LogP contribution in [0.1, 0.15) is 5.82 Å². The second-order valence-corrected chi connectivity index (χ2v) is 5.80.